The van der Waals surface area contributed by atoms with Crippen LogP contribution in [0.2, 0.25) is 0 Å². The van der Waals surface area contributed by atoms with Crippen LogP contribution in [0.4, 0.5) is 0 Å². The lowest BCUT2D eigenvalue weighted by Crippen LogP contribution is -2.19. The predicted octanol–water partition coefficient (Wildman–Crippen LogP) is 4.35. The smallest absolute Gasteiger partial charge is 0.319 e. The third-order valence-corrected chi connectivity index (χ3v) is 4.38. The zero-order chi connectivity index (χ0) is 15.8. The molecule has 1 aromatic rings. The summed E-state index contributed by atoms with van der Waals surface area (Å²) in [5, 5.41) is -0.191. The summed E-state index contributed by atoms with van der Waals surface area (Å²) in [5.41, 5.74) is 0.718. The van der Waals surface area contributed by atoms with Gasteiger partial charge in [-0.05, 0) is 25.0 Å². The molecule has 0 aliphatic carbocycles. The summed E-state index contributed by atoms with van der Waals surface area (Å²) in [6, 6.07) is 7.45. The largest absolute Gasteiger partial charge is 0.465 e. The van der Waals surface area contributed by atoms with Crippen LogP contribution in [-0.2, 0) is 9.53 Å². The van der Waals surface area contributed by atoms with Gasteiger partial charge in [-0.15, -0.1) is 11.8 Å². The second kappa shape index (κ2) is 8.88. The van der Waals surface area contributed by atoms with Crippen molar-refractivity contribution in [1.29, 1.82) is 0 Å². The van der Waals surface area contributed by atoms with Crippen LogP contribution in [0.5, 0.6) is 0 Å². The monoisotopic (exact) mass is 308 g/mol. The Morgan fingerprint density at radius 1 is 1.14 bits per heavy atom. The van der Waals surface area contributed by atoms with Gasteiger partial charge in [-0.3, -0.25) is 9.59 Å². The van der Waals surface area contributed by atoms with Crippen molar-refractivity contribution >= 4 is 23.5 Å². The second-order valence-corrected chi connectivity index (χ2v) is 6.50. The number of Topliss-reactive ketones (excluding diaryl/α,β-unsaturated/α-hetero) is 1. The van der Waals surface area contributed by atoms with E-state index in [0.717, 1.165) is 23.3 Å². The van der Waals surface area contributed by atoms with Crippen molar-refractivity contribution in [3.8, 4) is 0 Å². The lowest BCUT2D eigenvalue weighted by atomic mass is 10.0. The lowest BCUT2D eigenvalue weighted by Gasteiger charge is -2.14. The first-order valence-electron chi connectivity index (χ1n) is 7.47. The third kappa shape index (κ3) is 5.54. The fraction of sp³-hybridized carbons (Fsp3) is 0.529. The summed E-state index contributed by atoms with van der Waals surface area (Å²) in [6.45, 7) is 8.20. The van der Waals surface area contributed by atoms with Crippen molar-refractivity contribution in [2.75, 3.05) is 6.61 Å². The van der Waals surface area contributed by atoms with Gasteiger partial charge in [0.25, 0.3) is 0 Å². The summed E-state index contributed by atoms with van der Waals surface area (Å²) >= 11 is 1.49. The Morgan fingerprint density at radius 2 is 1.76 bits per heavy atom. The molecule has 0 saturated heterocycles. The molecule has 4 heteroatoms. The minimum Gasteiger partial charge on any atom is -0.465 e. The fourth-order valence-electron chi connectivity index (χ4n) is 1.79. The molecule has 1 rings (SSSR count). The van der Waals surface area contributed by atoms with Gasteiger partial charge in [-0.2, -0.15) is 0 Å². The average molecular weight is 308 g/mol. The summed E-state index contributed by atoms with van der Waals surface area (Å²) in [5.74, 6) is -0.0245. The van der Waals surface area contributed by atoms with Gasteiger partial charge in [0.05, 0.1) is 6.61 Å². The Hall–Kier alpha value is -1.29. The van der Waals surface area contributed by atoms with Gasteiger partial charge < -0.3 is 4.74 Å². The first-order chi connectivity index (χ1) is 9.99. The van der Waals surface area contributed by atoms with E-state index in [1.165, 1.54) is 11.8 Å². The summed E-state index contributed by atoms with van der Waals surface area (Å²) in [6.07, 6.45) is 1.55. The van der Waals surface area contributed by atoms with Gasteiger partial charge in [0.1, 0.15) is 5.25 Å². The van der Waals surface area contributed by atoms with Crippen molar-refractivity contribution in [3.05, 3.63) is 29.8 Å². The Bertz CT molecular complexity index is 465. The van der Waals surface area contributed by atoms with Gasteiger partial charge in [-0.25, -0.2) is 0 Å². The third-order valence-electron chi connectivity index (χ3n) is 3.02. The number of esters is 1. The predicted molar refractivity (Wildman–Crippen MR) is 86.8 cm³/mol. The van der Waals surface area contributed by atoms with E-state index < -0.39 is 0 Å². The highest BCUT2D eigenvalue weighted by Crippen LogP contribution is 2.27. The quantitative estimate of drug-likeness (QED) is 0.407. The van der Waals surface area contributed by atoms with E-state index in [9.17, 15) is 9.59 Å². The molecule has 1 unspecified atom stereocenters. The molecule has 21 heavy (non-hydrogen) atoms. The zero-order valence-corrected chi connectivity index (χ0v) is 14.0. The number of thioether (sulfide) groups is 1. The van der Waals surface area contributed by atoms with E-state index in [1.54, 1.807) is 0 Å². The summed E-state index contributed by atoms with van der Waals surface area (Å²) < 4.78 is 5.20. The summed E-state index contributed by atoms with van der Waals surface area (Å²) in [4.78, 5) is 24.8. The maximum atomic E-state index is 11.9. The highest BCUT2D eigenvalue weighted by Gasteiger charge is 2.19. The number of carbonyl (C=O) groups excluding carboxylic acids is 2. The Kier molecular flexibility index (Phi) is 7.51. The van der Waals surface area contributed by atoms with E-state index in [-0.39, 0.29) is 22.9 Å². The molecule has 0 heterocycles. The molecule has 0 saturated carbocycles. The van der Waals surface area contributed by atoms with Crippen molar-refractivity contribution < 1.29 is 14.3 Å². The molecule has 0 bridgehead atoms. The Balaban J connectivity index is 2.69. The van der Waals surface area contributed by atoms with E-state index in [1.807, 2.05) is 52.0 Å². The molecule has 0 radical (unpaired) electrons. The van der Waals surface area contributed by atoms with Crippen LogP contribution in [0.1, 0.15) is 50.9 Å². The maximum absolute atomic E-state index is 11.9. The molecule has 3 nitrogen and oxygen atoms in total. The standard InChI is InChI=1S/C17H24O3S/c1-5-11-20-17(19)15(6-2)21-14-9-7-13(8-10-14)16(18)12(3)4/h7-10,12,15H,5-6,11H2,1-4H3. The van der Waals surface area contributed by atoms with Crippen LogP contribution in [0, 0.1) is 5.92 Å². The topological polar surface area (TPSA) is 43.4 Å². The van der Waals surface area contributed by atoms with Crippen LogP contribution in [-0.4, -0.2) is 23.6 Å². The second-order valence-electron chi connectivity index (χ2n) is 5.23. The van der Waals surface area contributed by atoms with E-state index >= 15 is 0 Å². The maximum Gasteiger partial charge on any atom is 0.319 e. The average Bonchev–Trinajstić information content (AvgIpc) is 2.49. The number of carbonyl (C=O) groups is 2. The minimum atomic E-state index is -0.191. The van der Waals surface area contributed by atoms with Crippen LogP contribution in [0.25, 0.3) is 0 Å². The number of benzene rings is 1. The Morgan fingerprint density at radius 3 is 2.24 bits per heavy atom. The van der Waals surface area contributed by atoms with E-state index in [4.69, 9.17) is 4.74 Å². The molecule has 1 aromatic carbocycles. The molecule has 0 aromatic heterocycles. The molecule has 0 amide bonds. The number of hydrogen-bond acceptors (Lipinski definition) is 4. The molecular formula is C17H24O3S. The van der Waals surface area contributed by atoms with Crippen LogP contribution in [0.15, 0.2) is 29.2 Å². The summed E-state index contributed by atoms with van der Waals surface area (Å²) in [7, 11) is 0. The molecular weight excluding hydrogens is 284 g/mol. The highest BCUT2D eigenvalue weighted by atomic mass is 32.2. The van der Waals surface area contributed by atoms with Gasteiger partial charge in [0, 0.05) is 16.4 Å². The molecule has 1 atom stereocenters. The number of rotatable bonds is 8. The van der Waals surface area contributed by atoms with Crippen molar-refractivity contribution in [3.63, 3.8) is 0 Å². The number of ketones is 1. The first kappa shape index (κ1) is 17.8. The number of hydrogen-bond donors (Lipinski definition) is 0. The molecule has 0 spiro atoms. The number of ether oxygens (including phenoxy) is 1. The van der Waals surface area contributed by atoms with E-state index in [0.29, 0.717) is 6.61 Å². The molecule has 0 aliphatic heterocycles. The first-order valence-corrected chi connectivity index (χ1v) is 8.35. The van der Waals surface area contributed by atoms with Crippen LogP contribution >= 0.6 is 11.8 Å². The normalized spacial score (nSPS) is 12.2. The van der Waals surface area contributed by atoms with Gasteiger partial charge in [-0.1, -0.05) is 39.8 Å². The van der Waals surface area contributed by atoms with Crippen LogP contribution < -0.4 is 0 Å². The molecule has 0 aliphatic rings. The highest BCUT2D eigenvalue weighted by molar-refractivity contribution is 8.00. The lowest BCUT2D eigenvalue weighted by molar-refractivity contribution is -0.143. The molecule has 0 N–H and O–H groups in total. The Labute approximate surface area is 131 Å². The van der Waals surface area contributed by atoms with Gasteiger partial charge in [0.2, 0.25) is 0 Å². The molecule has 0 fully saturated rings. The molecule has 116 valence electrons. The zero-order valence-electron chi connectivity index (χ0n) is 13.2. The van der Waals surface area contributed by atoms with Crippen LogP contribution in [0.3, 0.4) is 0 Å². The van der Waals surface area contributed by atoms with Gasteiger partial charge in [0.15, 0.2) is 5.78 Å². The SMILES string of the molecule is CCCOC(=O)C(CC)Sc1ccc(C(=O)C(C)C)cc1. The van der Waals surface area contributed by atoms with Crippen molar-refractivity contribution in [2.45, 2.75) is 50.7 Å². The minimum absolute atomic E-state index is 0.00378. The van der Waals surface area contributed by atoms with E-state index in [2.05, 4.69) is 0 Å². The van der Waals surface area contributed by atoms with Gasteiger partial charge >= 0.3 is 5.97 Å². The van der Waals surface area contributed by atoms with Crippen molar-refractivity contribution in [1.82, 2.24) is 0 Å². The fourth-order valence-corrected chi connectivity index (χ4v) is 2.74. The van der Waals surface area contributed by atoms with Crippen molar-refractivity contribution in [2.24, 2.45) is 5.92 Å².